The van der Waals surface area contributed by atoms with Crippen molar-refractivity contribution in [1.29, 1.82) is 0 Å². The minimum atomic E-state index is -1.26. The van der Waals surface area contributed by atoms with Gasteiger partial charge in [-0.2, -0.15) is 5.48 Å². The monoisotopic (exact) mass is 235 g/mol. The smallest absolute Gasteiger partial charge is 0.363 e. The quantitative estimate of drug-likeness (QED) is 0.596. The molecule has 0 bridgehead atoms. The molecule has 0 aliphatic heterocycles. The molecule has 6 heteroatoms. The van der Waals surface area contributed by atoms with Crippen molar-refractivity contribution in [2.45, 2.75) is 0 Å². The van der Waals surface area contributed by atoms with E-state index in [0.29, 0.717) is 0 Å². The molecule has 88 valence electrons. The SMILES string of the molecule is C=CC(=O)NOC(=O)c1ccccc1C(=O)O. The van der Waals surface area contributed by atoms with Crippen molar-refractivity contribution >= 4 is 17.8 Å². The number of benzene rings is 1. The number of aromatic carboxylic acids is 1. The zero-order chi connectivity index (χ0) is 12.8. The Morgan fingerprint density at radius 3 is 2.35 bits per heavy atom. The van der Waals surface area contributed by atoms with E-state index in [1.165, 1.54) is 24.3 Å². The Morgan fingerprint density at radius 1 is 1.24 bits per heavy atom. The highest BCUT2D eigenvalue weighted by atomic mass is 16.7. The second-order valence-corrected chi connectivity index (χ2v) is 2.91. The fourth-order valence-electron chi connectivity index (χ4n) is 1.04. The van der Waals surface area contributed by atoms with E-state index in [1.807, 2.05) is 0 Å². The van der Waals surface area contributed by atoms with Crippen molar-refractivity contribution in [2.75, 3.05) is 0 Å². The zero-order valence-electron chi connectivity index (χ0n) is 8.67. The highest BCUT2D eigenvalue weighted by Crippen LogP contribution is 2.09. The highest BCUT2D eigenvalue weighted by Gasteiger charge is 2.17. The van der Waals surface area contributed by atoms with Gasteiger partial charge in [-0.1, -0.05) is 18.7 Å². The Labute approximate surface area is 96.5 Å². The normalized spacial score (nSPS) is 9.18. The molecule has 1 amide bonds. The summed E-state index contributed by atoms with van der Waals surface area (Å²) in [6.45, 7) is 3.16. The molecular weight excluding hydrogens is 226 g/mol. The van der Waals surface area contributed by atoms with Crippen LogP contribution in [0.3, 0.4) is 0 Å². The van der Waals surface area contributed by atoms with Gasteiger partial charge < -0.3 is 9.94 Å². The summed E-state index contributed by atoms with van der Waals surface area (Å²) in [6.07, 6.45) is 0.913. The summed E-state index contributed by atoms with van der Waals surface area (Å²) in [5.41, 5.74) is 1.45. The van der Waals surface area contributed by atoms with Gasteiger partial charge in [-0.15, -0.1) is 0 Å². The number of carbonyl (C=O) groups is 3. The zero-order valence-corrected chi connectivity index (χ0v) is 8.67. The van der Waals surface area contributed by atoms with Crippen LogP contribution in [0.25, 0.3) is 0 Å². The van der Waals surface area contributed by atoms with Crippen LogP contribution in [-0.2, 0) is 9.63 Å². The Kier molecular flexibility index (Phi) is 3.99. The van der Waals surface area contributed by atoms with E-state index in [4.69, 9.17) is 5.11 Å². The summed E-state index contributed by atoms with van der Waals surface area (Å²) < 4.78 is 0. The first-order valence-electron chi connectivity index (χ1n) is 4.52. The van der Waals surface area contributed by atoms with E-state index in [0.717, 1.165) is 6.08 Å². The molecular formula is C11H9NO5. The lowest BCUT2D eigenvalue weighted by atomic mass is 10.1. The molecule has 17 heavy (non-hydrogen) atoms. The first-order valence-corrected chi connectivity index (χ1v) is 4.52. The molecule has 0 saturated carbocycles. The summed E-state index contributed by atoms with van der Waals surface area (Å²) in [6, 6.07) is 5.50. The maximum absolute atomic E-state index is 11.5. The number of hydrogen-bond donors (Lipinski definition) is 2. The molecule has 0 unspecified atom stereocenters. The van der Waals surface area contributed by atoms with Gasteiger partial charge in [0.15, 0.2) is 0 Å². The molecule has 1 aromatic rings. The first-order chi connectivity index (χ1) is 8.06. The molecule has 0 spiro atoms. The van der Waals surface area contributed by atoms with Gasteiger partial charge in [0, 0.05) is 0 Å². The predicted molar refractivity (Wildman–Crippen MR) is 57.2 cm³/mol. The number of rotatable bonds is 3. The minimum absolute atomic E-state index is 0.149. The summed E-state index contributed by atoms with van der Waals surface area (Å²) >= 11 is 0. The maximum atomic E-state index is 11.5. The molecule has 0 aliphatic carbocycles. The molecule has 0 saturated heterocycles. The topological polar surface area (TPSA) is 92.7 Å². The lowest BCUT2D eigenvalue weighted by Gasteiger charge is -2.05. The molecule has 0 aliphatic rings. The molecule has 0 atom stereocenters. The van der Waals surface area contributed by atoms with Gasteiger partial charge in [0.2, 0.25) is 0 Å². The Balaban J connectivity index is 2.85. The van der Waals surface area contributed by atoms with Crippen LogP contribution in [0.1, 0.15) is 20.7 Å². The van der Waals surface area contributed by atoms with Gasteiger partial charge in [-0.3, -0.25) is 4.79 Å². The first kappa shape index (κ1) is 12.4. The van der Waals surface area contributed by atoms with Gasteiger partial charge in [0.25, 0.3) is 5.91 Å². The summed E-state index contributed by atoms with van der Waals surface area (Å²) in [5, 5.41) is 8.83. The molecule has 6 nitrogen and oxygen atoms in total. The number of hydrogen-bond acceptors (Lipinski definition) is 4. The summed E-state index contributed by atoms with van der Waals surface area (Å²) in [4.78, 5) is 37.4. The number of hydroxylamine groups is 1. The number of nitrogens with one attached hydrogen (secondary N) is 1. The van der Waals surface area contributed by atoms with Crippen molar-refractivity contribution in [3.8, 4) is 0 Å². The van der Waals surface area contributed by atoms with Crippen LogP contribution in [0.5, 0.6) is 0 Å². The largest absolute Gasteiger partial charge is 0.478 e. The van der Waals surface area contributed by atoms with Crippen LogP contribution in [0.15, 0.2) is 36.9 Å². The fraction of sp³-hybridized carbons (Fsp3) is 0. The lowest BCUT2D eigenvalue weighted by molar-refractivity contribution is -0.125. The number of carbonyl (C=O) groups excluding carboxylic acids is 2. The highest BCUT2D eigenvalue weighted by molar-refractivity contribution is 6.02. The van der Waals surface area contributed by atoms with Crippen LogP contribution in [0, 0.1) is 0 Å². The molecule has 0 radical (unpaired) electrons. The van der Waals surface area contributed by atoms with Crippen LogP contribution in [-0.4, -0.2) is 23.0 Å². The molecule has 1 aromatic carbocycles. The average Bonchev–Trinajstić information content (AvgIpc) is 2.35. The number of amides is 1. The van der Waals surface area contributed by atoms with E-state index >= 15 is 0 Å². The van der Waals surface area contributed by atoms with Gasteiger partial charge in [0.1, 0.15) is 0 Å². The van der Waals surface area contributed by atoms with E-state index < -0.39 is 17.8 Å². The van der Waals surface area contributed by atoms with Crippen LogP contribution < -0.4 is 5.48 Å². The third-order valence-corrected chi connectivity index (χ3v) is 1.81. The predicted octanol–water partition coefficient (Wildman–Crippen LogP) is 0.759. The number of carboxylic acids is 1. The van der Waals surface area contributed by atoms with Crippen molar-refractivity contribution in [2.24, 2.45) is 0 Å². The Morgan fingerprint density at radius 2 is 1.82 bits per heavy atom. The van der Waals surface area contributed by atoms with E-state index in [1.54, 1.807) is 5.48 Å². The number of carboxylic acid groups (broad SMARTS) is 1. The van der Waals surface area contributed by atoms with Crippen molar-refractivity contribution in [3.63, 3.8) is 0 Å². The second kappa shape index (κ2) is 5.45. The maximum Gasteiger partial charge on any atom is 0.363 e. The standard InChI is InChI=1S/C11H9NO5/c1-2-9(13)12-17-11(16)8-6-4-3-5-7(8)10(14)15/h2-6H,1H2,(H,12,13)(H,14,15). The van der Waals surface area contributed by atoms with Gasteiger partial charge in [-0.25, -0.2) is 9.59 Å². The molecule has 2 N–H and O–H groups in total. The molecule has 0 fully saturated rings. The van der Waals surface area contributed by atoms with Gasteiger partial charge >= 0.3 is 11.9 Å². The van der Waals surface area contributed by atoms with Crippen LogP contribution in [0.4, 0.5) is 0 Å². The third-order valence-electron chi connectivity index (χ3n) is 1.81. The minimum Gasteiger partial charge on any atom is -0.478 e. The van der Waals surface area contributed by atoms with E-state index in [2.05, 4.69) is 11.4 Å². The Bertz CT molecular complexity index is 481. The van der Waals surface area contributed by atoms with Crippen molar-refractivity contribution in [3.05, 3.63) is 48.0 Å². The molecule has 1 rings (SSSR count). The van der Waals surface area contributed by atoms with Crippen molar-refractivity contribution in [1.82, 2.24) is 5.48 Å². The summed E-state index contributed by atoms with van der Waals surface area (Å²) in [5.74, 6) is -2.92. The Hall–Kier alpha value is -2.63. The van der Waals surface area contributed by atoms with Gasteiger partial charge in [0.05, 0.1) is 11.1 Å². The molecule has 0 aromatic heterocycles. The average molecular weight is 235 g/mol. The van der Waals surface area contributed by atoms with Gasteiger partial charge in [-0.05, 0) is 18.2 Å². The lowest BCUT2D eigenvalue weighted by Crippen LogP contribution is -2.26. The van der Waals surface area contributed by atoms with Crippen LogP contribution in [0.2, 0.25) is 0 Å². The fourth-order valence-corrected chi connectivity index (χ4v) is 1.04. The van der Waals surface area contributed by atoms with Crippen molar-refractivity contribution < 1.29 is 24.3 Å². The molecule has 0 heterocycles. The third kappa shape index (κ3) is 3.16. The summed E-state index contributed by atoms with van der Waals surface area (Å²) in [7, 11) is 0. The van der Waals surface area contributed by atoms with E-state index in [9.17, 15) is 14.4 Å². The van der Waals surface area contributed by atoms with E-state index in [-0.39, 0.29) is 11.1 Å². The second-order valence-electron chi connectivity index (χ2n) is 2.91. The van der Waals surface area contributed by atoms with Crippen LogP contribution >= 0.6 is 0 Å².